The molecular weight excluding hydrogens is 373 g/mol. The number of hydrogen-bond acceptors (Lipinski definition) is 5. The number of tetrazole rings is 1. The molecule has 4 aromatic rings. The number of halogens is 1. The monoisotopic (exact) mass is 391 g/mol. The van der Waals surface area contributed by atoms with Crippen molar-refractivity contribution in [2.75, 3.05) is 4.90 Å². The fraction of sp³-hybridized carbons (Fsp3) is 0.150. The Morgan fingerprint density at radius 3 is 2.76 bits per heavy atom. The van der Waals surface area contributed by atoms with E-state index in [4.69, 9.17) is 0 Å². The van der Waals surface area contributed by atoms with Crippen molar-refractivity contribution >= 4 is 11.6 Å². The number of carbonyl (C=O) groups excluding carboxylic acids is 1. The lowest BCUT2D eigenvalue weighted by Gasteiger charge is -2.23. The second-order valence-electron chi connectivity index (χ2n) is 6.45. The van der Waals surface area contributed by atoms with Crippen molar-refractivity contribution in [2.45, 2.75) is 19.9 Å². The Kier molecular flexibility index (Phi) is 5.10. The van der Waals surface area contributed by atoms with Crippen LogP contribution in [0.4, 0.5) is 10.1 Å². The average molecular weight is 391 g/mol. The van der Waals surface area contributed by atoms with E-state index in [1.165, 1.54) is 12.1 Å². The summed E-state index contributed by atoms with van der Waals surface area (Å²) in [6, 6.07) is 12.1. The molecular formula is C20H18FN7O. The number of carbonyl (C=O) groups is 1. The molecule has 0 atom stereocenters. The number of nitrogens with zero attached hydrogens (tertiary/aromatic N) is 5. The molecule has 0 fully saturated rings. The molecule has 2 heterocycles. The van der Waals surface area contributed by atoms with Crippen LogP contribution in [0.2, 0.25) is 0 Å². The van der Waals surface area contributed by atoms with Gasteiger partial charge in [-0.25, -0.2) is 4.39 Å². The Morgan fingerprint density at radius 2 is 2.03 bits per heavy atom. The van der Waals surface area contributed by atoms with Crippen molar-refractivity contribution in [2.24, 2.45) is 0 Å². The van der Waals surface area contributed by atoms with E-state index in [0.717, 1.165) is 16.7 Å². The van der Waals surface area contributed by atoms with Crippen molar-refractivity contribution < 1.29 is 9.18 Å². The maximum Gasteiger partial charge on any atom is 0.227 e. The number of benzene rings is 2. The van der Waals surface area contributed by atoms with Crippen LogP contribution in [0.15, 0.2) is 54.9 Å². The molecule has 0 aliphatic heterocycles. The minimum Gasteiger partial charge on any atom is -0.308 e. The Bertz CT molecular complexity index is 1110. The van der Waals surface area contributed by atoms with Gasteiger partial charge in [-0.15, -0.1) is 10.2 Å². The molecule has 0 bridgehead atoms. The number of anilines is 1. The van der Waals surface area contributed by atoms with Crippen LogP contribution in [-0.4, -0.2) is 36.7 Å². The summed E-state index contributed by atoms with van der Waals surface area (Å²) >= 11 is 0. The van der Waals surface area contributed by atoms with Crippen molar-refractivity contribution in [3.63, 3.8) is 0 Å². The maximum atomic E-state index is 14.3. The number of H-pyrrole nitrogens is 2. The lowest BCUT2D eigenvalue weighted by atomic mass is 10.1. The van der Waals surface area contributed by atoms with Gasteiger partial charge in [0.15, 0.2) is 0 Å². The molecule has 2 aromatic carbocycles. The highest BCUT2D eigenvalue weighted by Crippen LogP contribution is 2.27. The van der Waals surface area contributed by atoms with E-state index in [0.29, 0.717) is 17.8 Å². The Hall–Kier alpha value is -3.88. The van der Waals surface area contributed by atoms with Crippen LogP contribution in [0.3, 0.4) is 0 Å². The van der Waals surface area contributed by atoms with Gasteiger partial charge in [-0.1, -0.05) is 25.1 Å². The van der Waals surface area contributed by atoms with Crippen molar-refractivity contribution in [3.05, 3.63) is 66.2 Å². The lowest BCUT2D eigenvalue weighted by Crippen LogP contribution is -2.29. The van der Waals surface area contributed by atoms with E-state index in [9.17, 15) is 9.18 Å². The van der Waals surface area contributed by atoms with Gasteiger partial charge in [-0.3, -0.25) is 9.89 Å². The van der Waals surface area contributed by atoms with Gasteiger partial charge < -0.3 is 4.90 Å². The highest BCUT2D eigenvalue weighted by Gasteiger charge is 2.18. The topological polar surface area (TPSA) is 103 Å². The first-order valence-corrected chi connectivity index (χ1v) is 9.07. The summed E-state index contributed by atoms with van der Waals surface area (Å²) in [5.74, 6) is -0.344. The number of aromatic amines is 2. The summed E-state index contributed by atoms with van der Waals surface area (Å²) in [5, 5.41) is 20.4. The second kappa shape index (κ2) is 8.01. The summed E-state index contributed by atoms with van der Waals surface area (Å²) in [4.78, 5) is 14.2. The third kappa shape index (κ3) is 4.03. The first-order chi connectivity index (χ1) is 14.1. The zero-order chi connectivity index (χ0) is 20.2. The molecule has 4 rings (SSSR count). The number of amides is 1. The predicted octanol–water partition coefficient (Wildman–Crippen LogP) is 3.34. The Labute approximate surface area is 165 Å². The fourth-order valence-electron chi connectivity index (χ4n) is 3.10. The normalized spacial score (nSPS) is 10.8. The van der Waals surface area contributed by atoms with Crippen molar-refractivity contribution in [3.8, 4) is 22.5 Å². The summed E-state index contributed by atoms with van der Waals surface area (Å²) in [6.07, 6.45) is 3.82. The molecule has 0 aliphatic carbocycles. The minimum absolute atomic E-state index is 0.122. The molecule has 0 aliphatic rings. The highest BCUT2D eigenvalue weighted by atomic mass is 19.1. The van der Waals surface area contributed by atoms with Crippen LogP contribution in [0.5, 0.6) is 0 Å². The molecule has 0 saturated carbocycles. The standard InChI is InChI=1S/C20H18FN7O/c1-2-19(29)28(12-13-4-3-5-14(6-13)16-10-22-23-11-16)18-8-15(7-17(21)9-18)20-24-26-27-25-20/h3-11H,2,12H2,1H3,(H,22,23)(H,24,25,26,27). The van der Waals surface area contributed by atoms with Crippen LogP contribution in [-0.2, 0) is 11.3 Å². The number of rotatable bonds is 6. The first-order valence-electron chi connectivity index (χ1n) is 9.07. The Balaban J connectivity index is 1.69. The molecule has 146 valence electrons. The molecule has 8 nitrogen and oxygen atoms in total. The molecule has 0 unspecified atom stereocenters. The zero-order valence-corrected chi connectivity index (χ0v) is 15.6. The lowest BCUT2D eigenvalue weighted by molar-refractivity contribution is -0.118. The quantitative estimate of drug-likeness (QED) is 0.525. The summed E-state index contributed by atoms with van der Waals surface area (Å²) in [5.41, 5.74) is 3.72. The number of nitrogens with one attached hydrogen (secondary N) is 2. The van der Waals surface area contributed by atoms with Crippen LogP contribution >= 0.6 is 0 Å². The molecule has 29 heavy (non-hydrogen) atoms. The third-order valence-electron chi connectivity index (χ3n) is 4.50. The second-order valence-corrected chi connectivity index (χ2v) is 6.45. The predicted molar refractivity (Wildman–Crippen MR) is 105 cm³/mol. The van der Waals surface area contributed by atoms with E-state index in [1.54, 1.807) is 30.3 Å². The van der Waals surface area contributed by atoms with Gasteiger partial charge in [-0.2, -0.15) is 10.3 Å². The fourth-order valence-corrected chi connectivity index (χ4v) is 3.10. The first kappa shape index (κ1) is 18.5. The highest BCUT2D eigenvalue weighted by molar-refractivity contribution is 5.93. The van der Waals surface area contributed by atoms with E-state index in [-0.39, 0.29) is 18.2 Å². The van der Waals surface area contributed by atoms with Gasteiger partial charge >= 0.3 is 0 Å². The van der Waals surface area contributed by atoms with Crippen LogP contribution in [0, 0.1) is 5.82 Å². The SMILES string of the molecule is CCC(=O)N(Cc1cccc(-c2cn[nH]c2)c1)c1cc(F)cc(-c2nn[nH]n2)c1. The smallest absolute Gasteiger partial charge is 0.227 e. The van der Waals surface area contributed by atoms with Gasteiger partial charge in [0.05, 0.1) is 12.7 Å². The zero-order valence-electron chi connectivity index (χ0n) is 15.6. The van der Waals surface area contributed by atoms with Crippen molar-refractivity contribution in [1.82, 2.24) is 30.8 Å². The molecule has 2 N–H and O–H groups in total. The number of hydrogen-bond donors (Lipinski definition) is 2. The van der Waals surface area contributed by atoms with Gasteiger partial charge in [-0.05, 0) is 40.6 Å². The van der Waals surface area contributed by atoms with Gasteiger partial charge in [0.1, 0.15) is 5.82 Å². The van der Waals surface area contributed by atoms with E-state index in [1.807, 2.05) is 24.3 Å². The molecule has 1 amide bonds. The third-order valence-corrected chi connectivity index (χ3v) is 4.50. The summed E-state index contributed by atoms with van der Waals surface area (Å²) in [7, 11) is 0. The number of aromatic nitrogens is 6. The Morgan fingerprint density at radius 1 is 1.14 bits per heavy atom. The average Bonchev–Trinajstić information content (AvgIpc) is 3.45. The maximum absolute atomic E-state index is 14.3. The molecule has 0 spiro atoms. The largest absolute Gasteiger partial charge is 0.308 e. The summed E-state index contributed by atoms with van der Waals surface area (Å²) < 4.78 is 14.3. The van der Waals surface area contributed by atoms with Crippen LogP contribution in [0.25, 0.3) is 22.5 Å². The summed E-state index contributed by atoms with van der Waals surface area (Å²) in [6.45, 7) is 2.07. The van der Waals surface area contributed by atoms with E-state index < -0.39 is 5.82 Å². The molecule has 0 radical (unpaired) electrons. The van der Waals surface area contributed by atoms with Gasteiger partial charge in [0.25, 0.3) is 0 Å². The van der Waals surface area contributed by atoms with Crippen LogP contribution < -0.4 is 4.90 Å². The van der Waals surface area contributed by atoms with E-state index >= 15 is 0 Å². The van der Waals surface area contributed by atoms with E-state index in [2.05, 4.69) is 30.8 Å². The molecule has 0 saturated heterocycles. The van der Waals surface area contributed by atoms with Gasteiger partial charge in [0.2, 0.25) is 11.7 Å². The van der Waals surface area contributed by atoms with Crippen LogP contribution in [0.1, 0.15) is 18.9 Å². The molecule has 2 aromatic heterocycles. The molecule has 9 heteroatoms. The minimum atomic E-state index is -0.483. The van der Waals surface area contributed by atoms with Crippen molar-refractivity contribution in [1.29, 1.82) is 0 Å². The van der Waals surface area contributed by atoms with Gasteiger partial charge in [0, 0.05) is 29.4 Å².